The zero-order chi connectivity index (χ0) is 66.6. The molecule has 518 valence electrons. The van der Waals surface area contributed by atoms with Gasteiger partial charge in [0.1, 0.15) is 30.5 Å². The minimum absolute atomic E-state index is 0.00615. The van der Waals surface area contributed by atoms with Crippen LogP contribution in [-0.4, -0.2) is 80.5 Å². The minimum atomic E-state index is -1.02. The normalized spacial score (nSPS) is 17.5. The molecule has 0 aliphatic carbocycles. The quantitative estimate of drug-likeness (QED) is 0.0356. The molecule has 2 amide bonds. The van der Waals surface area contributed by atoms with E-state index in [9.17, 15) is 9.59 Å². The average molecular weight is 1300 g/mol. The molecule has 6 aromatic carbocycles. The van der Waals surface area contributed by atoms with Crippen LogP contribution in [0.5, 0.6) is 0 Å². The summed E-state index contributed by atoms with van der Waals surface area (Å²) in [5, 5.41) is 6.62. The summed E-state index contributed by atoms with van der Waals surface area (Å²) in [7, 11) is 0. The molecule has 8 atom stereocenters. The van der Waals surface area contributed by atoms with Gasteiger partial charge in [0.05, 0.1) is 65.0 Å². The third kappa shape index (κ3) is 30.9. The summed E-state index contributed by atoms with van der Waals surface area (Å²) in [5.41, 5.74) is 5.74. The van der Waals surface area contributed by atoms with Crippen LogP contribution in [0.3, 0.4) is 0 Å². The van der Waals surface area contributed by atoms with Gasteiger partial charge in [-0.25, -0.2) is 0 Å². The molecule has 2 N–H and O–H groups in total. The zero-order valence-corrected chi connectivity index (χ0v) is 58.1. The third-order valence-electron chi connectivity index (χ3n) is 17.9. The Morgan fingerprint density at radius 1 is 0.432 bits per heavy atom. The second-order valence-corrected chi connectivity index (χ2v) is 27.0. The highest BCUT2D eigenvalue weighted by Gasteiger charge is 2.50. The van der Waals surface area contributed by atoms with Crippen LogP contribution in [0.1, 0.15) is 209 Å². The van der Waals surface area contributed by atoms with E-state index in [-0.39, 0.29) is 43.7 Å². The highest BCUT2D eigenvalue weighted by Crippen LogP contribution is 2.33. The number of amides is 2. The number of rotatable bonds is 50. The number of carbonyl (C=O) groups is 2. The van der Waals surface area contributed by atoms with Gasteiger partial charge in [-0.2, -0.15) is 0 Å². The van der Waals surface area contributed by atoms with Crippen molar-refractivity contribution in [3.63, 3.8) is 0 Å². The Bertz CT molecular complexity index is 2860. The van der Waals surface area contributed by atoms with Gasteiger partial charge in [-0.15, -0.1) is 0 Å². The van der Waals surface area contributed by atoms with Crippen molar-refractivity contribution in [3.8, 4) is 0 Å². The van der Waals surface area contributed by atoms with Crippen molar-refractivity contribution in [1.82, 2.24) is 10.6 Å². The van der Waals surface area contributed by atoms with Gasteiger partial charge in [0.2, 0.25) is 11.8 Å². The van der Waals surface area contributed by atoms with Gasteiger partial charge in [0.15, 0.2) is 6.29 Å². The van der Waals surface area contributed by atoms with Crippen LogP contribution >= 0.6 is 0 Å². The molecule has 0 spiro atoms. The van der Waals surface area contributed by atoms with Gasteiger partial charge >= 0.3 is 0 Å². The molecule has 0 saturated carbocycles. The molecule has 7 rings (SSSR count). The highest BCUT2D eigenvalue weighted by atomic mass is 16.7. The Hall–Kier alpha value is -6.06. The maximum atomic E-state index is 14.8. The Morgan fingerprint density at radius 3 is 1.28 bits per heavy atom. The SMILES string of the molecule is CCCCCCCCCCCCCC[C@@H](OCc1ccccc1)[C@@H](OCc1ccccc1)[C@H](CO[C@H]1O[C@H](COCc2ccccc2)[C@H](OCc2ccccc2)[C@H](OCc2ccccc2)[C@H]1OCc1ccccc1)NC(=O)CCCCCCCCCCCNC(=O)C(C)(C)C. The summed E-state index contributed by atoms with van der Waals surface area (Å²) in [5.74, 6) is 0.0404. The monoisotopic (exact) mass is 1300 g/mol. The van der Waals surface area contributed by atoms with Crippen LogP contribution in [0.15, 0.2) is 182 Å². The number of unbranched alkanes of at least 4 members (excludes halogenated alkanes) is 19. The van der Waals surface area contributed by atoms with Crippen molar-refractivity contribution in [2.45, 2.75) is 264 Å². The smallest absolute Gasteiger partial charge is 0.225 e. The number of hydrogen-bond acceptors (Lipinski definition) is 10. The first-order valence-electron chi connectivity index (χ1n) is 36.4. The second-order valence-electron chi connectivity index (χ2n) is 27.0. The lowest BCUT2D eigenvalue weighted by Gasteiger charge is -2.46. The number of hydrogen-bond donors (Lipinski definition) is 2. The van der Waals surface area contributed by atoms with E-state index >= 15 is 0 Å². The van der Waals surface area contributed by atoms with E-state index in [1.54, 1.807) is 0 Å². The third-order valence-corrected chi connectivity index (χ3v) is 17.9. The fraction of sp³-hybridized carbons (Fsp3) is 0.542. The van der Waals surface area contributed by atoms with Gasteiger partial charge in [-0.3, -0.25) is 9.59 Å². The van der Waals surface area contributed by atoms with E-state index < -0.39 is 49.0 Å². The Kier molecular flexibility index (Phi) is 37.1. The first-order chi connectivity index (χ1) is 46.6. The summed E-state index contributed by atoms with van der Waals surface area (Å²) >= 11 is 0. The van der Waals surface area contributed by atoms with E-state index in [0.717, 1.165) is 123 Å². The molecule has 0 aromatic heterocycles. The van der Waals surface area contributed by atoms with E-state index in [2.05, 4.69) is 90.4 Å². The van der Waals surface area contributed by atoms with E-state index in [4.69, 9.17) is 37.9 Å². The fourth-order valence-electron chi connectivity index (χ4n) is 12.2. The Balaban J connectivity index is 1.17. The topological polar surface area (TPSA) is 132 Å². The summed E-state index contributed by atoms with van der Waals surface area (Å²) in [6.07, 6.45) is 20.4. The lowest BCUT2D eigenvalue weighted by Crippen LogP contribution is -2.62. The van der Waals surface area contributed by atoms with Crippen LogP contribution in [0.2, 0.25) is 0 Å². The lowest BCUT2D eigenvalue weighted by atomic mass is 9.96. The van der Waals surface area contributed by atoms with Gasteiger partial charge in [-0.1, -0.05) is 332 Å². The predicted molar refractivity (Wildman–Crippen MR) is 382 cm³/mol. The maximum Gasteiger partial charge on any atom is 0.225 e. The molecule has 1 aliphatic heterocycles. The maximum absolute atomic E-state index is 14.8. The number of benzene rings is 6. The molecule has 1 aliphatic rings. The number of carbonyl (C=O) groups excluding carboxylic acids is 2. The molecule has 1 fully saturated rings. The first kappa shape index (κ1) is 76.3. The summed E-state index contributed by atoms with van der Waals surface area (Å²) in [6, 6.07) is 60.5. The van der Waals surface area contributed by atoms with Gasteiger partial charge < -0.3 is 48.5 Å². The van der Waals surface area contributed by atoms with Gasteiger partial charge in [-0.05, 0) is 52.6 Å². The molecular weight excluding hydrogens is 1180 g/mol. The summed E-state index contributed by atoms with van der Waals surface area (Å²) in [4.78, 5) is 27.1. The van der Waals surface area contributed by atoms with Crippen LogP contribution < -0.4 is 10.6 Å². The summed E-state index contributed by atoms with van der Waals surface area (Å²) in [6.45, 7) is 10.9. The molecule has 1 heterocycles. The standard InChI is InChI=1S/C83H116N2O10/c1-5-6-7-8-9-10-11-12-14-17-20-41-56-74(89-60-68-46-31-24-32-47-68)77(90-61-69-48-33-25-34-49-69)73(85-76(86)57-42-21-18-15-13-16-19-22-43-58-84-82(87)83(2,3)4)65-94-81-80(93-64-72-54-39-28-40-55-72)79(92-63-71-52-37-27-38-53-71)78(91-62-70-50-35-26-36-51-70)75(95-81)66-88-59-67-44-29-23-30-45-67/h23-40,44-55,73-75,77-81H,5-22,41-43,56-66H2,1-4H3,(H,84,87)(H,85,86)/t73-,74+,75+,77-,78-,79-,80+,81-/m0/s1. The van der Waals surface area contributed by atoms with Crippen molar-refractivity contribution in [1.29, 1.82) is 0 Å². The Morgan fingerprint density at radius 2 is 0.821 bits per heavy atom. The van der Waals surface area contributed by atoms with Gasteiger partial charge in [0, 0.05) is 18.4 Å². The van der Waals surface area contributed by atoms with Crippen LogP contribution in [-0.2, 0) is 87.1 Å². The first-order valence-corrected chi connectivity index (χ1v) is 36.4. The van der Waals surface area contributed by atoms with Crippen molar-refractivity contribution in [2.75, 3.05) is 19.8 Å². The zero-order valence-electron chi connectivity index (χ0n) is 58.1. The van der Waals surface area contributed by atoms with Crippen molar-refractivity contribution in [3.05, 3.63) is 215 Å². The number of ether oxygens (including phenoxy) is 8. The molecule has 0 bridgehead atoms. The van der Waals surface area contributed by atoms with Crippen LogP contribution in [0.4, 0.5) is 0 Å². The van der Waals surface area contributed by atoms with E-state index in [0.29, 0.717) is 32.8 Å². The van der Waals surface area contributed by atoms with Crippen LogP contribution in [0, 0.1) is 5.41 Å². The van der Waals surface area contributed by atoms with Crippen molar-refractivity contribution < 1.29 is 47.5 Å². The fourth-order valence-corrected chi connectivity index (χ4v) is 12.2. The molecule has 1 saturated heterocycles. The second kappa shape index (κ2) is 46.2. The molecule has 12 heteroatoms. The van der Waals surface area contributed by atoms with E-state index in [1.165, 1.54) is 57.8 Å². The molecule has 95 heavy (non-hydrogen) atoms. The number of nitrogens with one attached hydrogen (secondary N) is 2. The molecule has 6 aromatic rings. The van der Waals surface area contributed by atoms with Crippen molar-refractivity contribution >= 4 is 11.8 Å². The van der Waals surface area contributed by atoms with Crippen molar-refractivity contribution in [2.24, 2.45) is 5.41 Å². The van der Waals surface area contributed by atoms with E-state index in [1.807, 2.05) is 130 Å². The summed E-state index contributed by atoms with van der Waals surface area (Å²) < 4.78 is 56.9. The highest BCUT2D eigenvalue weighted by molar-refractivity contribution is 5.81. The molecule has 12 nitrogen and oxygen atoms in total. The molecule has 0 radical (unpaired) electrons. The predicted octanol–water partition coefficient (Wildman–Crippen LogP) is 18.5. The van der Waals surface area contributed by atoms with Crippen LogP contribution in [0.25, 0.3) is 0 Å². The van der Waals surface area contributed by atoms with Gasteiger partial charge in [0.25, 0.3) is 0 Å². The minimum Gasteiger partial charge on any atom is -0.374 e. The lowest BCUT2D eigenvalue weighted by molar-refractivity contribution is -0.330. The average Bonchev–Trinajstić information content (AvgIpc) is 0.821. The largest absolute Gasteiger partial charge is 0.374 e. The Labute approximate surface area is 571 Å². The molecule has 0 unspecified atom stereocenters. The molecular formula is C83H116N2O10.